The van der Waals surface area contributed by atoms with Gasteiger partial charge in [0.2, 0.25) is 5.78 Å². The van der Waals surface area contributed by atoms with E-state index in [9.17, 15) is 39.9 Å². The number of rotatable bonds is 2. The standard InChI is InChI=1S/C22H24N2O8/c1-7-8-5-4-6-9(25)11(8)16(26)12-10(7)17(27)14-15(24(2)3)18(28)13(21(23)31)20(30)22(14,32)19(12)29/h4-7,10,14-15,17,25-27,30,32H,1-3H3,(H2,23,31)/t7-,10+,14-,15-,17-,22+/m1/s1. The molecule has 7 N–H and O–H groups in total. The van der Waals surface area contributed by atoms with E-state index in [1.807, 2.05) is 0 Å². The van der Waals surface area contributed by atoms with Gasteiger partial charge in [-0.3, -0.25) is 19.3 Å². The molecule has 1 saturated carbocycles. The Morgan fingerprint density at radius 1 is 1.16 bits per heavy atom. The number of fused-ring (bicyclic) bond motifs is 3. The molecule has 0 spiro atoms. The third-order valence-corrected chi connectivity index (χ3v) is 6.99. The molecule has 1 aromatic carbocycles. The largest absolute Gasteiger partial charge is 0.508 e. The van der Waals surface area contributed by atoms with Crippen LogP contribution < -0.4 is 5.73 Å². The Labute approximate surface area is 182 Å². The number of aromatic hydroxyl groups is 1. The summed E-state index contributed by atoms with van der Waals surface area (Å²) >= 11 is 0. The molecular formula is C22H24N2O8. The molecule has 1 amide bonds. The van der Waals surface area contributed by atoms with E-state index in [1.165, 1.54) is 25.1 Å². The molecule has 170 valence electrons. The van der Waals surface area contributed by atoms with Crippen LogP contribution in [0.2, 0.25) is 0 Å². The van der Waals surface area contributed by atoms with E-state index in [2.05, 4.69) is 0 Å². The number of benzene rings is 1. The number of hydrogen-bond acceptors (Lipinski definition) is 9. The topological polar surface area (TPSA) is 182 Å². The number of nitrogens with zero attached hydrogens (tertiary/aromatic N) is 1. The zero-order valence-corrected chi connectivity index (χ0v) is 17.6. The smallest absolute Gasteiger partial charge is 0.255 e. The van der Waals surface area contributed by atoms with E-state index >= 15 is 0 Å². The summed E-state index contributed by atoms with van der Waals surface area (Å²) < 4.78 is 0. The van der Waals surface area contributed by atoms with Gasteiger partial charge in [0, 0.05) is 11.5 Å². The SMILES string of the molecule is C[C@@H]1c2cccc(O)c2C(O)=C2C(=O)[C@]3(O)C(O)=C(C(N)=O)C(=O)[C@H](N(C)C)[C@@H]3[C@H](O)[C@H]21. The predicted octanol–water partition coefficient (Wildman–Crippen LogP) is -0.504. The second kappa shape index (κ2) is 6.89. The van der Waals surface area contributed by atoms with Crippen molar-refractivity contribution in [2.24, 2.45) is 17.6 Å². The third-order valence-electron chi connectivity index (χ3n) is 6.99. The Kier molecular flexibility index (Phi) is 4.74. The molecule has 1 aromatic rings. The number of phenolic OH excluding ortho intramolecular Hbond substituents is 1. The maximum atomic E-state index is 13.7. The van der Waals surface area contributed by atoms with Crippen LogP contribution >= 0.6 is 0 Å². The van der Waals surface area contributed by atoms with Crippen LogP contribution in [-0.4, -0.2) is 79.7 Å². The number of ketones is 2. The lowest BCUT2D eigenvalue weighted by atomic mass is 9.54. The maximum absolute atomic E-state index is 13.7. The molecule has 0 unspecified atom stereocenters. The Morgan fingerprint density at radius 2 is 1.78 bits per heavy atom. The first-order valence-corrected chi connectivity index (χ1v) is 10.0. The van der Waals surface area contributed by atoms with Crippen LogP contribution in [0, 0.1) is 11.8 Å². The molecule has 10 heteroatoms. The Bertz CT molecular complexity index is 1140. The van der Waals surface area contributed by atoms with Gasteiger partial charge >= 0.3 is 0 Å². The zero-order valence-electron chi connectivity index (χ0n) is 17.6. The number of aliphatic hydroxyl groups is 4. The zero-order chi connectivity index (χ0) is 23.9. The van der Waals surface area contributed by atoms with Crippen molar-refractivity contribution in [2.75, 3.05) is 14.1 Å². The van der Waals surface area contributed by atoms with Crippen molar-refractivity contribution in [3.63, 3.8) is 0 Å². The highest BCUT2D eigenvalue weighted by molar-refractivity contribution is 6.24. The first-order valence-electron chi connectivity index (χ1n) is 10.0. The monoisotopic (exact) mass is 444 g/mol. The maximum Gasteiger partial charge on any atom is 0.255 e. The molecule has 0 radical (unpaired) electrons. The third kappa shape index (κ3) is 2.48. The van der Waals surface area contributed by atoms with Crippen molar-refractivity contribution in [3.05, 3.63) is 46.2 Å². The van der Waals surface area contributed by atoms with E-state index < -0.39 is 75.6 Å². The van der Waals surface area contributed by atoms with Gasteiger partial charge in [-0.25, -0.2) is 0 Å². The van der Waals surface area contributed by atoms with E-state index in [0.717, 1.165) is 0 Å². The van der Waals surface area contributed by atoms with Gasteiger partial charge in [-0.15, -0.1) is 0 Å². The number of likely N-dealkylation sites (N-methyl/N-ethyl adjacent to an activating group) is 1. The van der Waals surface area contributed by atoms with Gasteiger partial charge in [0.25, 0.3) is 5.91 Å². The number of Topliss-reactive ketones (excluding diaryl/α,β-unsaturated/α-hetero) is 2. The minimum atomic E-state index is -2.89. The Morgan fingerprint density at radius 3 is 2.34 bits per heavy atom. The van der Waals surface area contributed by atoms with Crippen molar-refractivity contribution in [1.29, 1.82) is 0 Å². The first kappa shape index (κ1) is 22.0. The van der Waals surface area contributed by atoms with Crippen LogP contribution in [0.15, 0.2) is 35.1 Å². The number of phenols is 1. The molecule has 10 nitrogen and oxygen atoms in total. The lowest BCUT2D eigenvalue weighted by Gasteiger charge is -2.53. The molecular weight excluding hydrogens is 420 g/mol. The van der Waals surface area contributed by atoms with Gasteiger partial charge in [0.05, 0.1) is 23.6 Å². The van der Waals surface area contributed by atoms with Crippen LogP contribution in [0.25, 0.3) is 5.76 Å². The molecule has 4 rings (SSSR count). The number of primary amides is 1. The number of amides is 1. The summed E-state index contributed by atoms with van der Waals surface area (Å²) in [7, 11) is 2.92. The summed E-state index contributed by atoms with van der Waals surface area (Å²) in [6.07, 6.45) is -1.59. The van der Waals surface area contributed by atoms with Crippen molar-refractivity contribution in [3.8, 4) is 5.75 Å². The van der Waals surface area contributed by atoms with Gasteiger partial charge in [0.1, 0.15) is 22.8 Å². The number of aliphatic hydroxyl groups excluding tert-OH is 3. The lowest BCUT2D eigenvalue weighted by molar-refractivity contribution is -0.169. The Balaban J connectivity index is 2.07. The summed E-state index contributed by atoms with van der Waals surface area (Å²) in [5.74, 6) is -8.87. The minimum absolute atomic E-state index is 0.0245. The fraction of sp³-hybridized carbons (Fsp3) is 0.409. The predicted molar refractivity (Wildman–Crippen MR) is 110 cm³/mol. The molecule has 0 bridgehead atoms. The second-order valence-corrected chi connectivity index (χ2v) is 8.79. The average molecular weight is 444 g/mol. The summed E-state index contributed by atoms with van der Waals surface area (Å²) in [5, 5.41) is 54.9. The molecule has 3 aliphatic carbocycles. The molecule has 0 saturated heterocycles. The molecule has 1 fully saturated rings. The van der Waals surface area contributed by atoms with E-state index in [0.29, 0.717) is 5.56 Å². The van der Waals surface area contributed by atoms with Crippen molar-refractivity contribution >= 4 is 23.2 Å². The normalized spacial score (nSPS) is 34.4. The molecule has 0 heterocycles. The second-order valence-electron chi connectivity index (χ2n) is 8.79. The van der Waals surface area contributed by atoms with Gasteiger partial charge in [0.15, 0.2) is 11.4 Å². The summed E-state index contributed by atoms with van der Waals surface area (Å²) in [5.41, 5.74) is 1.47. The Hall–Kier alpha value is -3.21. The number of carbonyl (C=O) groups is 3. The van der Waals surface area contributed by atoms with Crippen LogP contribution in [0.3, 0.4) is 0 Å². The highest BCUT2D eigenvalue weighted by atomic mass is 16.4. The van der Waals surface area contributed by atoms with Crippen molar-refractivity contribution in [1.82, 2.24) is 4.90 Å². The highest BCUT2D eigenvalue weighted by Gasteiger charge is 2.68. The fourth-order valence-corrected chi connectivity index (χ4v) is 5.58. The quantitative estimate of drug-likeness (QED) is 0.327. The number of hydrogen-bond donors (Lipinski definition) is 6. The van der Waals surface area contributed by atoms with Crippen LogP contribution in [0.4, 0.5) is 0 Å². The summed E-state index contributed by atoms with van der Waals surface area (Å²) in [6.45, 7) is 1.68. The van der Waals surface area contributed by atoms with Crippen molar-refractivity contribution < 1.29 is 39.9 Å². The summed E-state index contributed by atoms with van der Waals surface area (Å²) in [4.78, 5) is 40.0. The molecule has 0 aliphatic heterocycles. The van der Waals surface area contributed by atoms with Crippen LogP contribution in [0.1, 0.15) is 24.0 Å². The molecule has 6 atom stereocenters. The van der Waals surface area contributed by atoms with Gasteiger partial charge in [-0.1, -0.05) is 19.1 Å². The minimum Gasteiger partial charge on any atom is -0.508 e. The highest BCUT2D eigenvalue weighted by Crippen LogP contribution is 2.55. The molecule has 0 aromatic heterocycles. The van der Waals surface area contributed by atoms with Gasteiger partial charge in [-0.05, 0) is 31.6 Å². The fourth-order valence-electron chi connectivity index (χ4n) is 5.58. The average Bonchev–Trinajstić information content (AvgIpc) is 2.70. The van der Waals surface area contributed by atoms with Gasteiger partial charge < -0.3 is 31.3 Å². The van der Waals surface area contributed by atoms with Crippen molar-refractivity contribution in [2.45, 2.75) is 30.6 Å². The van der Waals surface area contributed by atoms with Gasteiger partial charge in [-0.2, -0.15) is 0 Å². The van der Waals surface area contributed by atoms with E-state index in [1.54, 1.807) is 19.1 Å². The molecule has 32 heavy (non-hydrogen) atoms. The first-order chi connectivity index (χ1) is 14.9. The lowest BCUT2D eigenvalue weighted by Crippen LogP contribution is -2.70. The van der Waals surface area contributed by atoms with E-state index in [4.69, 9.17) is 5.73 Å². The number of carbonyl (C=O) groups excluding carboxylic acids is 3. The molecule has 3 aliphatic rings. The van der Waals surface area contributed by atoms with Crippen LogP contribution in [0.5, 0.6) is 5.75 Å². The number of nitrogens with two attached hydrogens (primary N) is 1. The summed E-state index contributed by atoms with van der Waals surface area (Å²) in [6, 6.07) is 3.13. The van der Waals surface area contributed by atoms with Crippen LogP contribution in [-0.2, 0) is 14.4 Å². The van der Waals surface area contributed by atoms with E-state index in [-0.39, 0.29) is 11.3 Å².